The highest BCUT2D eigenvalue weighted by Gasteiger charge is 2.44. The molecule has 1 aliphatic carbocycles. The van der Waals surface area contributed by atoms with Crippen LogP contribution in [0.5, 0.6) is 0 Å². The van der Waals surface area contributed by atoms with Crippen LogP contribution in [0.3, 0.4) is 0 Å². The minimum absolute atomic E-state index is 0.143. The SMILES string of the molecule is CC1(C)CCC[C@](N)(C(=O)OC(C)(C)C)C1. The molecule has 0 radical (unpaired) electrons. The largest absolute Gasteiger partial charge is 0.459 e. The molecule has 94 valence electrons. The van der Waals surface area contributed by atoms with Crippen LogP contribution in [-0.4, -0.2) is 17.1 Å². The minimum Gasteiger partial charge on any atom is -0.459 e. The van der Waals surface area contributed by atoms with E-state index in [0.717, 1.165) is 25.7 Å². The fourth-order valence-electron chi connectivity index (χ4n) is 2.47. The molecule has 0 aromatic carbocycles. The van der Waals surface area contributed by atoms with Crippen molar-refractivity contribution >= 4 is 5.97 Å². The van der Waals surface area contributed by atoms with E-state index in [1.807, 2.05) is 20.8 Å². The number of hydrogen-bond donors (Lipinski definition) is 1. The number of hydrogen-bond acceptors (Lipinski definition) is 3. The summed E-state index contributed by atoms with van der Waals surface area (Å²) in [5, 5.41) is 0. The molecule has 1 saturated carbocycles. The molecule has 0 unspecified atom stereocenters. The first-order valence-electron chi connectivity index (χ1n) is 6.07. The van der Waals surface area contributed by atoms with Crippen molar-refractivity contribution in [2.75, 3.05) is 0 Å². The molecule has 1 rings (SSSR count). The molecule has 3 heteroatoms. The lowest BCUT2D eigenvalue weighted by molar-refractivity contribution is -0.164. The number of ether oxygens (including phenoxy) is 1. The molecule has 0 aromatic heterocycles. The molecule has 0 bridgehead atoms. The second kappa shape index (κ2) is 4.02. The van der Waals surface area contributed by atoms with Gasteiger partial charge in [-0.25, -0.2) is 0 Å². The van der Waals surface area contributed by atoms with Gasteiger partial charge < -0.3 is 10.5 Å². The van der Waals surface area contributed by atoms with Crippen molar-refractivity contribution < 1.29 is 9.53 Å². The lowest BCUT2D eigenvalue weighted by atomic mass is 9.68. The molecule has 16 heavy (non-hydrogen) atoms. The average molecular weight is 227 g/mol. The summed E-state index contributed by atoms with van der Waals surface area (Å²) in [6.45, 7) is 9.96. The number of rotatable bonds is 1. The molecular formula is C13H25NO2. The molecule has 1 aliphatic rings. The van der Waals surface area contributed by atoms with Gasteiger partial charge in [-0.2, -0.15) is 0 Å². The maximum atomic E-state index is 12.1. The lowest BCUT2D eigenvalue weighted by Gasteiger charge is -2.41. The Kier molecular flexibility index (Phi) is 3.39. The molecule has 3 nitrogen and oxygen atoms in total. The van der Waals surface area contributed by atoms with Gasteiger partial charge in [0.15, 0.2) is 0 Å². The van der Waals surface area contributed by atoms with Crippen LogP contribution in [0.2, 0.25) is 0 Å². The molecule has 0 amide bonds. The van der Waals surface area contributed by atoms with Crippen molar-refractivity contribution in [1.82, 2.24) is 0 Å². The van der Waals surface area contributed by atoms with Crippen LogP contribution in [0, 0.1) is 5.41 Å². The van der Waals surface area contributed by atoms with Gasteiger partial charge in [-0.15, -0.1) is 0 Å². The Labute approximate surface area is 98.7 Å². The first kappa shape index (κ1) is 13.5. The molecule has 2 N–H and O–H groups in total. The van der Waals surface area contributed by atoms with Gasteiger partial charge in [-0.1, -0.05) is 20.3 Å². The summed E-state index contributed by atoms with van der Waals surface area (Å²) >= 11 is 0. The summed E-state index contributed by atoms with van der Waals surface area (Å²) in [5.74, 6) is -0.243. The Balaban J connectivity index is 2.74. The maximum Gasteiger partial charge on any atom is 0.326 e. The molecule has 0 heterocycles. The van der Waals surface area contributed by atoms with Gasteiger partial charge in [0.25, 0.3) is 0 Å². The zero-order valence-corrected chi connectivity index (χ0v) is 11.2. The van der Waals surface area contributed by atoms with E-state index in [1.54, 1.807) is 0 Å². The van der Waals surface area contributed by atoms with E-state index in [1.165, 1.54) is 0 Å². The third-order valence-corrected chi connectivity index (χ3v) is 3.08. The Morgan fingerprint density at radius 2 is 1.81 bits per heavy atom. The van der Waals surface area contributed by atoms with Gasteiger partial charge in [0.1, 0.15) is 11.1 Å². The summed E-state index contributed by atoms with van der Waals surface area (Å²) in [6.07, 6.45) is 3.59. The van der Waals surface area contributed by atoms with Crippen molar-refractivity contribution in [3.8, 4) is 0 Å². The van der Waals surface area contributed by atoms with Crippen LogP contribution >= 0.6 is 0 Å². The average Bonchev–Trinajstić information content (AvgIpc) is 1.97. The predicted molar refractivity (Wildman–Crippen MR) is 65.0 cm³/mol. The molecule has 1 atom stereocenters. The zero-order chi connectivity index (χ0) is 12.6. The normalized spacial score (nSPS) is 29.9. The lowest BCUT2D eigenvalue weighted by Crippen LogP contribution is -2.55. The van der Waals surface area contributed by atoms with Crippen LogP contribution in [0.15, 0.2) is 0 Å². The van der Waals surface area contributed by atoms with Crippen LogP contribution in [-0.2, 0) is 9.53 Å². The third kappa shape index (κ3) is 3.48. The topological polar surface area (TPSA) is 52.3 Å². The van der Waals surface area contributed by atoms with Gasteiger partial charge in [0.2, 0.25) is 0 Å². The Hall–Kier alpha value is -0.570. The van der Waals surface area contributed by atoms with E-state index in [0.29, 0.717) is 0 Å². The smallest absolute Gasteiger partial charge is 0.326 e. The van der Waals surface area contributed by atoms with E-state index >= 15 is 0 Å². The summed E-state index contributed by atoms with van der Waals surface area (Å²) in [6, 6.07) is 0. The molecule has 0 saturated heterocycles. The van der Waals surface area contributed by atoms with E-state index in [9.17, 15) is 4.79 Å². The number of nitrogens with two attached hydrogens (primary N) is 1. The highest BCUT2D eigenvalue weighted by molar-refractivity contribution is 5.81. The Morgan fingerprint density at radius 3 is 2.25 bits per heavy atom. The Bertz CT molecular complexity index is 278. The van der Waals surface area contributed by atoms with E-state index in [2.05, 4.69) is 13.8 Å². The quantitative estimate of drug-likeness (QED) is 0.701. The molecule has 0 aromatic rings. The monoisotopic (exact) mass is 227 g/mol. The third-order valence-electron chi connectivity index (χ3n) is 3.08. The second-order valence-electron chi connectivity index (χ2n) is 6.85. The van der Waals surface area contributed by atoms with Crippen molar-refractivity contribution in [2.24, 2.45) is 11.1 Å². The highest BCUT2D eigenvalue weighted by atomic mass is 16.6. The van der Waals surface area contributed by atoms with Gasteiger partial charge in [0, 0.05) is 0 Å². The van der Waals surface area contributed by atoms with E-state index in [-0.39, 0.29) is 11.4 Å². The van der Waals surface area contributed by atoms with Crippen LogP contribution in [0.1, 0.15) is 60.3 Å². The second-order valence-corrected chi connectivity index (χ2v) is 6.85. The van der Waals surface area contributed by atoms with Gasteiger partial charge in [-0.05, 0) is 45.4 Å². The highest BCUT2D eigenvalue weighted by Crippen LogP contribution is 2.40. The maximum absolute atomic E-state index is 12.1. The fourth-order valence-corrected chi connectivity index (χ4v) is 2.47. The summed E-state index contributed by atoms with van der Waals surface area (Å²) < 4.78 is 5.41. The van der Waals surface area contributed by atoms with E-state index < -0.39 is 11.1 Å². The summed E-state index contributed by atoms with van der Waals surface area (Å²) in [7, 11) is 0. The number of carbonyl (C=O) groups is 1. The van der Waals surface area contributed by atoms with Crippen molar-refractivity contribution in [3.05, 3.63) is 0 Å². The van der Waals surface area contributed by atoms with Gasteiger partial charge in [-0.3, -0.25) is 4.79 Å². The predicted octanol–water partition coefficient (Wildman–Crippen LogP) is 2.63. The molecule has 0 aliphatic heterocycles. The van der Waals surface area contributed by atoms with Crippen molar-refractivity contribution in [1.29, 1.82) is 0 Å². The van der Waals surface area contributed by atoms with Gasteiger partial charge >= 0.3 is 5.97 Å². The van der Waals surface area contributed by atoms with Gasteiger partial charge in [0.05, 0.1) is 0 Å². The molecule has 0 spiro atoms. The van der Waals surface area contributed by atoms with Crippen molar-refractivity contribution in [2.45, 2.75) is 71.4 Å². The first-order chi connectivity index (χ1) is 7.04. The molecular weight excluding hydrogens is 202 g/mol. The fraction of sp³-hybridized carbons (Fsp3) is 0.923. The van der Waals surface area contributed by atoms with Crippen LogP contribution in [0.4, 0.5) is 0 Å². The minimum atomic E-state index is -0.783. The zero-order valence-electron chi connectivity index (χ0n) is 11.2. The van der Waals surface area contributed by atoms with Crippen LogP contribution < -0.4 is 5.73 Å². The molecule has 1 fully saturated rings. The van der Waals surface area contributed by atoms with Crippen LogP contribution in [0.25, 0.3) is 0 Å². The van der Waals surface area contributed by atoms with Crippen molar-refractivity contribution in [3.63, 3.8) is 0 Å². The summed E-state index contributed by atoms with van der Waals surface area (Å²) in [5.41, 5.74) is 5.12. The number of carbonyl (C=O) groups excluding carboxylic acids is 1. The summed E-state index contributed by atoms with van der Waals surface area (Å²) in [4.78, 5) is 12.1. The standard InChI is InChI=1S/C13H25NO2/c1-11(2,3)16-10(15)13(14)8-6-7-12(4,5)9-13/h6-9,14H2,1-5H3/t13-/m1/s1. The first-order valence-corrected chi connectivity index (χ1v) is 6.07. The number of esters is 1. The van der Waals surface area contributed by atoms with E-state index in [4.69, 9.17) is 10.5 Å². The Morgan fingerprint density at radius 1 is 1.25 bits per heavy atom.